The molecule has 10 heteroatoms. The summed E-state index contributed by atoms with van der Waals surface area (Å²) in [6, 6.07) is 5.63. The van der Waals surface area contributed by atoms with Crippen molar-refractivity contribution in [1.29, 1.82) is 0 Å². The van der Waals surface area contributed by atoms with E-state index in [1.807, 2.05) is 0 Å². The number of nitrogens with one attached hydrogen (secondary N) is 3. The van der Waals surface area contributed by atoms with Crippen molar-refractivity contribution in [2.24, 2.45) is 0 Å². The zero-order valence-electron chi connectivity index (χ0n) is 16.2. The number of halogens is 3. The van der Waals surface area contributed by atoms with Gasteiger partial charge in [-0.1, -0.05) is 13.0 Å². The minimum Gasteiger partial charge on any atom is -0.361 e. The number of hydrogen-bond acceptors (Lipinski definition) is 5. The molecule has 1 atom stereocenters. The maximum absolute atomic E-state index is 12.6. The Bertz CT molecular complexity index is 869. The number of hydrogen-bond donors (Lipinski definition) is 3. The van der Waals surface area contributed by atoms with E-state index in [0.29, 0.717) is 16.8 Å². The lowest BCUT2D eigenvalue weighted by molar-refractivity contribution is -0.116. The first-order valence-corrected chi connectivity index (χ1v) is 8.93. The first kappa shape index (κ1) is 22.1. The van der Waals surface area contributed by atoms with Crippen molar-refractivity contribution < 1.29 is 22.8 Å². The lowest BCUT2D eigenvalue weighted by Gasteiger charge is -2.16. The highest BCUT2D eigenvalue weighted by Crippen LogP contribution is 2.18. The predicted octanol–water partition coefficient (Wildman–Crippen LogP) is 3.60. The molecule has 0 fully saturated rings. The SMILES string of the molecule is CCC(=O)Nc1cc(C(=O)NC(C)c2ccc(NCC(F)(F)F)nc2)cc(C)n1. The largest absolute Gasteiger partial charge is 0.405 e. The standard InChI is InChI=1S/C19H22F3N5O2/c1-4-17(28)27-16-8-14(7-11(2)25-16)18(29)26-12(3)13-5-6-15(23-9-13)24-10-19(20,21)22/h5-9,12H,4,10H2,1-3H3,(H,23,24)(H,26,29)(H,25,27,28). The summed E-state index contributed by atoms with van der Waals surface area (Å²) in [5.41, 5.74) is 1.52. The van der Waals surface area contributed by atoms with Crippen LogP contribution in [0.2, 0.25) is 0 Å². The lowest BCUT2D eigenvalue weighted by Crippen LogP contribution is -2.27. The van der Waals surface area contributed by atoms with Gasteiger partial charge in [0.05, 0.1) is 6.04 Å². The highest BCUT2D eigenvalue weighted by atomic mass is 19.4. The molecule has 0 bridgehead atoms. The lowest BCUT2D eigenvalue weighted by atomic mass is 10.1. The van der Waals surface area contributed by atoms with Crippen molar-refractivity contribution >= 4 is 23.5 Å². The molecule has 0 saturated carbocycles. The summed E-state index contributed by atoms with van der Waals surface area (Å²) in [6.07, 6.45) is -2.65. The van der Waals surface area contributed by atoms with Gasteiger partial charge in [-0.3, -0.25) is 9.59 Å². The summed E-state index contributed by atoms with van der Waals surface area (Å²) in [4.78, 5) is 32.2. The molecule has 3 N–H and O–H groups in total. The number of rotatable bonds is 7. The van der Waals surface area contributed by atoms with E-state index in [9.17, 15) is 22.8 Å². The Morgan fingerprint density at radius 3 is 2.48 bits per heavy atom. The van der Waals surface area contributed by atoms with Gasteiger partial charge in [-0.05, 0) is 37.6 Å². The number of nitrogens with zero attached hydrogens (tertiary/aromatic N) is 2. The first-order valence-electron chi connectivity index (χ1n) is 8.93. The molecule has 2 aromatic rings. The molecule has 7 nitrogen and oxygen atoms in total. The van der Waals surface area contributed by atoms with Gasteiger partial charge in [0, 0.05) is 23.9 Å². The molecule has 0 aliphatic rings. The minimum atomic E-state index is -4.33. The molecule has 1 unspecified atom stereocenters. The Morgan fingerprint density at radius 1 is 1.17 bits per heavy atom. The topological polar surface area (TPSA) is 96.0 Å². The third-order valence-electron chi connectivity index (χ3n) is 3.91. The molecular formula is C19H22F3N5O2. The minimum absolute atomic E-state index is 0.0886. The number of aromatic nitrogens is 2. The number of pyridine rings is 2. The average molecular weight is 409 g/mol. The molecule has 2 rings (SSSR count). The quantitative estimate of drug-likeness (QED) is 0.649. The van der Waals surface area contributed by atoms with Crippen LogP contribution in [0.4, 0.5) is 24.8 Å². The third kappa shape index (κ3) is 7.05. The van der Waals surface area contributed by atoms with Gasteiger partial charge in [0.15, 0.2) is 0 Å². The summed E-state index contributed by atoms with van der Waals surface area (Å²) in [6.45, 7) is 3.96. The Morgan fingerprint density at radius 2 is 1.90 bits per heavy atom. The number of amides is 2. The van der Waals surface area contributed by atoms with Crippen LogP contribution in [0.1, 0.15) is 47.9 Å². The van der Waals surface area contributed by atoms with Crippen molar-refractivity contribution in [3.05, 3.63) is 47.3 Å². The van der Waals surface area contributed by atoms with E-state index < -0.39 is 18.8 Å². The van der Waals surface area contributed by atoms with E-state index in [-0.39, 0.29) is 29.9 Å². The second-order valence-electron chi connectivity index (χ2n) is 6.42. The molecule has 0 radical (unpaired) electrons. The summed E-state index contributed by atoms with van der Waals surface area (Å²) >= 11 is 0. The zero-order chi connectivity index (χ0) is 21.6. The molecule has 0 saturated heterocycles. The molecule has 0 aliphatic carbocycles. The number of aryl methyl sites for hydroxylation is 1. The van der Waals surface area contributed by atoms with E-state index in [4.69, 9.17) is 0 Å². The summed E-state index contributed by atoms with van der Waals surface area (Å²) in [7, 11) is 0. The molecule has 0 spiro atoms. The van der Waals surface area contributed by atoms with Crippen molar-refractivity contribution in [3.63, 3.8) is 0 Å². The molecule has 2 heterocycles. The molecule has 2 amide bonds. The zero-order valence-corrected chi connectivity index (χ0v) is 16.2. The van der Waals surface area contributed by atoms with Crippen molar-refractivity contribution in [2.45, 2.75) is 39.4 Å². The summed E-state index contributed by atoms with van der Waals surface area (Å²) < 4.78 is 36.7. The van der Waals surface area contributed by atoms with Gasteiger partial charge >= 0.3 is 6.18 Å². The van der Waals surface area contributed by atoms with Crippen molar-refractivity contribution in [3.8, 4) is 0 Å². The maximum Gasteiger partial charge on any atom is 0.405 e. The van der Waals surface area contributed by atoms with Gasteiger partial charge in [0.25, 0.3) is 5.91 Å². The van der Waals surface area contributed by atoms with E-state index in [1.54, 1.807) is 32.9 Å². The third-order valence-corrected chi connectivity index (χ3v) is 3.91. The Labute approximate surface area is 166 Å². The molecule has 156 valence electrons. The second kappa shape index (κ2) is 9.35. The fourth-order valence-electron chi connectivity index (χ4n) is 2.42. The smallest absolute Gasteiger partial charge is 0.361 e. The van der Waals surface area contributed by atoms with Gasteiger partial charge in [-0.2, -0.15) is 13.2 Å². The second-order valence-corrected chi connectivity index (χ2v) is 6.42. The molecule has 29 heavy (non-hydrogen) atoms. The number of carbonyl (C=O) groups is 2. The van der Waals surface area contributed by atoms with Crippen molar-refractivity contribution in [1.82, 2.24) is 15.3 Å². The van der Waals surface area contributed by atoms with Crippen LogP contribution < -0.4 is 16.0 Å². The van der Waals surface area contributed by atoms with Gasteiger partial charge in [-0.15, -0.1) is 0 Å². The number of alkyl halides is 3. The number of anilines is 2. The van der Waals surface area contributed by atoms with Gasteiger partial charge in [0.2, 0.25) is 5.91 Å². The van der Waals surface area contributed by atoms with Crippen LogP contribution in [0.15, 0.2) is 30.5 Å². The fourth-order valence-corrected chi connectivity index (χ4v) is 2.42. The normalized spacial score (nSPS) is 12.2. The predicted molar refractivity (Wildman–Crippen MR) is 103 cm³/mol. The van der Waals surface area contributed by atoms with Crippen LogP contribution in [-0.4, -0.2) is 34.5 Å². The number of carbonyl (C=O) groups excluding carboxylic acids is 2. The van der Waals surface area contributed by atoms with E-state index in [1.165, 1.54) is 18.3 Å². The molecular weight excluding hydrogens is 387 g/mol. The molecule has 2 aromatic heterocycles. The maximum atomic E-state index is 12.6. The Kier molecular flexibility index (Phi) is 7.13. The molecule has 0 aliphatic heterocycles. The monoisotopic (exact) mass is 409 g/mol. The Hall–Kier alpha value is -3.17. The van der Waals surface area contributed by atoms with Crippen LogP contribution >= 0.6 is 0 Å². The Balaban J connectivity index is 2.04. The van der Waals surface area contributed by atoms with Crippen LogP contribution in [0.25, 0.3) is 0 Å². The van der Waals surface area contributed by atoms with Gasteiger partial charge in [-0.25, -0.2) is 9.97 Å². The fraction of sp³-hybridized carbons (Fsp3) is 0.368. The van der Waals surface area contributed by atoms with Crippen LogP contribution in [0.3, 0.4) is 0 Å². The van der Waals surface area contributed by atoms with E-state index >= 15 is 0 Å². The van der Waals surface area contributed by atoms with E-state index in [0.717, 1.165) is 0 Å². The van der Waals surface area contributed by atoms with Crippen LogP contribution in [0, 0.1) is 6.92 Å². The summed E-state index contributed by atoms with van der Waals surface area (Å²) in [5.74, 6) is -0.218. The van der Waals surface area contributed by atoms with E-state index in [2.05, 4.69) is 25.9 Å². The first-order chi connectivity index (χ1) is 13.6. The van der Waals surface area contributed by atoms with Gasteiger partial charge in [0.1, 0.15) is 18.2 Å². The van der Waals surface area contributed by atoms with Gasteiger partial charge < -0.3 is 16.0 Å². The highest BCUT2D eigenvalue weighted by Gasteiger charge is 2.26. The van der Waals surface area contributed by atoms with Crippen LogP contribution in [-0.2, 0) is 4.79 Å². The highest BCUT2D eigenvalue weighted by molar-refractivity contribution is 5.96. The molecule has 0 aromatic carbocycles. The average Bonchev–Trinajstić information content (AvgIpc) is 2.65. The van der Waals surface area contributed by atoms with Crippen LogP contribution in [0.5, 0.6) is 0 Å². The summed E-state index contributed by atoms with van der Waals surface area (Å²) in [5, 5.41) is 7.59. The van der Waals surface area contributed by atoms with Crippen molar-refractivity contribution in [2.75, 3.05) is 17.2 Å².